The summed E-state index contributed by atoms with van der Waals surface area (Å²) in [5.41, 5.74) is 0.319. The molecule has 25 heavy (non-hydrogen) atoms. The van der Waals surface area contributed by atoms with Crippen molar-refractivity contribution in [3.05, 3.63) is 33.6 Å². The van der Waals surface area contributed by atoms with Gasteiger partial charge in [-0.1, -0.05) is 30.3 Å². The van der Waals surface area contributed by atoms with Crippen molar-refractivity contribution in [2.24, 2.45) is 0 Å². The van der Waals surface area contributed by atoms with Crippen molar-refractivity contribution < 1.29 is 14.3 Å². The first-order valence-electron chi connectivity index (χ1n) is 7.81. The second kappa shape index (κ2) is 7.45. The average Bonchev–Trinajstić information content (AvgIpc) is 3.01. The Morgan fingerprint density at radius 2 is 2.20 bits per heavy atom. The van der Waals surface area contributed by atoms with Gasteiger partial charge in [-0.2, -0.15) is 0 Å². The SMILES string of the molecule is CCCn1c(SCC(=O)N2CCOC2=O)nc2cc(Cl)ccc2c1=O. The molecule has 0 aliphatic carbocycles. The summed E-state index contributed by atoms with van der Waals surface area (Å²) in [7, 11) is 0. The Morgan fingerprint density at radius 3 is 2.88 bits per heavy atom. The highest BCUT2D eigenvalue weighted by Gasteiger charge is 2.28. The number of hydrogen-bond acceptors (Lipinski definition) is 6. The number of halogens is 1. The fourth-order valence-electron chi connectivity index (χ4n) is 2.53. The molecule has 2 aromatic rings. The van der Waals surface area contributed by atoms with Gasteiger partial charge in [0.15, 0.2) is 5.16 Å². The van der Waals surface area contributed by atoms with E-state index in [2.05, 4.69) is 4.98 Å². The lowest BCUT2D eigenvalue weighted by atomic mass is 10.2. The molecular formula is C16H16ClN3O4S. The fraction of sp³-hybridized carbons (Fsp3) is 0.375. The van der Waals surface area contributed by atoms with Gasteiger partial charge in [0.2, 0.25) is 5.91 Å². The second-order valence-corrected chi connectivity index (χ2v) is 6.84. The molecule has 1 saturated heterocycles. The minimum atomic E-state index is -0.630. The highest BCUT2D eigenvalue weighted by molar-refractivity contribution is 7.99. The molecule has 1 aromatic heterocycles. The molecule has 2 amide bonds. The van der Waals surface area contributed by atoms with Crippen LogP contribution in [-0.2, 0) is 16.1 Å². The second-order valence-electron chi connectivity index (χ2n) is 5.46. The summed E-state index contributed by atoms with van der Waals surface area (Å²) in [6, 6.07) is 4.93. The molecule has 1 aliphatic rings. The average molecular weight is 382 g/mol. The van der Waals surface area contributed by atoms with Crippen LogP contribution in [0.2, 0.25) is 5.02 Å². The third-order valence-electron chi connectivity index (χ3n) is 3.72. The Morgan fingerprint density at radius 1 is 1.40 bits per heavy atom. The summed E-state index contributed by atoms with van der Waals surface area (Å²) in [5.74, 6) is -0.367. The number of carbonyl (C=O) groups excluding carboxylic acids is 2. The molecule has 0 radical (unpaired) electrons. The van der Waals surface area contributed by atoms with E-state index in [1.807, 2.05) is 6.92 Å². The van der Waals surface area contributed by atoms with Crippen molar-refractivity contribution in [1.29, 1.82) is 0 Å². The van der Waals surface area contributed by atoms with E-state index in [4.69, 9.17) is 16.3 Å². The van der Waals surface area contributed by atoms with Crippen LogP contribution in [0.5, 0.6) is 0 Å². The molecule has 132 valence electrons. The van der Waals surface area contributed by atoms with Crippen LogP contribution in [0.1, 0.15) is 13.3 Å². The first-order valence-corrected chi connectivity index (χ1v) is 9.17. The van der Waals surface area contributed by atoms with Crippen molar-refractivity contribution >= 4 is 46.3 Å². The van der Waals surface area contributed by atoms with Crippen LogP contribution >= 0.6 is 23.4 Å². The standard InChI is InChI=1S/C16H16ClN3O4S/c1-2-5-20-14(22)11-4-3-10(17)8-12(11)18-15(20)25-9-13(21)19-6-7-24-16(19)23/h3-4,8H,2,5-7,9H2,1H3. The first kappa shape index (κ1) is 17.8. The zero-order valence-electron chi connectivity index (χ0n) is 13.5. The zero-order chi connectivity index (χ0) is 18.0. The molecule has 0 bridgehead atoms. The number of amides is 2. The summed E-state index contributed by atoms with van der Waals surface area (Å²) >= 11 is 7.11. The predicted molar refractivity (Wildman–Crippen MR) is 95.1 cm³/mol. The number of fused-ring (bicyclic) bond motifs is 1. The summed E-state index contributed by atoms with van der Waals surface area (Å²) in [4.78, 5) is 41.9. The smallest absolute Gasteiger partial charge is 0.416 e. The van der Waals surface area contributed by atoms with Crippen molar-refractivity contribution in [2.75, 3.05) is 18.9 Å². The molecule has 0 spiro atoms. The van der Waals surface area contributed by atoms with E-state index in [-0.39, 0.29) is 30.4 Å². The van der Waals surface area contributed by atoms with Crippen LogP contribution < -0.4 is 5.56 Å². The Labute approximate surface area is 152 Å². The lowest BCUT2D eigenvalue weighted by molar-refractivity contribution is -0.125. The van der Waals surface area contributed by atoms with E-state index < -0.39 is 6.09 Å². The topological polar surface area (TPSA) is 81.5 Å². The van der Waals surface area contributed by atoms with E-state index in [0.717, 1.165) is 23.1 Å². The van der Waals surface area contributed by atoms with Gasteiger partial charge in [-0.15, -0.1) is 0 Å². The van der Waals surface area contributed by atoms with Crippen LogP contribution in [0.25, 0.3) is 10.9 Å². The van der Waals surface area contributed by atoms with Crippen molar-refractivity contribution in [3.8, 4) is 0 Å². The third-order valence-corrected chi connectivity index (χ3v) is 4.91. The number of rotatable bonds is 5. The number of benzene rings is 1. The molecule has 1 aliphatic heterocycles. The number of nitrogens with zero attached hydrogens (tertiary/aromatic N) is 3. The van der Waals surface area contributed by atoms with Gasteiger partial charge < -0.3 is 4.74 Å². The summed E-state index contributed by atoms with van der Waals surface area (Å²) < 4.78 is 6.31. The van der Waals surface area contributed by atoms with Gasteiger partial charge in [0, 0.05) is 11.6 Å². The predicted octanol–water partition coefficient (Wildman–Crippen LogP) is 2.53. The maximum atomic E-state index is 12.7. The highest BCUT2D eigenvalue weighted by Crippen LogP contribution is 2.21. The van der Waals surface area contributed by atoms with Gasteiger partial charge in [0.05, 0.1) is 23.2 Å². The maximum Gasteiger partial charge on any atom is 0.416 e. The van der Waals surface area contributed by atoms with Crippen LogP contribution in [0.3, 0.4) is 0 Å². The maximum absolute atomic E-state index is 12.7. The van der Waals surface area contributed by atoms with Crippen LogP contribution in [0.15, 0.2) is 28.2 Å². The van der Waals surface area contributed by atoms with Gasteiger partial charge in [-0.3, -0.25) is 14.2 Å². The first-order chi connectivity index (χ1) is 12.0. The third kappa shape index (κ3) is 3.64. The Kier molecular flexibility index (Phi) is 5.29. The van der Waals surface area contributed by atoms with E-state index in [0.29, 0.717) is 27.6 Å². The quantitative estimate of drug-likeness (QED) is 0.584. The minimum Gasteiger partial charge on any atom is -0.447 e. The Balaban J connectivity index is 1.91. The summed E-state index contributed by atoms with van der Waals surface area (Å²) in [6.45, 7) is 2.91. The number of imide groups is 1. The normalized spacial score (nSPS) is 14.2. The molecule has 2 heterocycles. The Hall–Kier alpha value is -2.06. The van der Waals surface area contributed by atoms with Gasteiger partial charge >= 0.3 is 6.09 Å². The zero-order valence-corrected chi connectivity index (χ0v) is 15.1. The number of thioether (sulfide) groups is 1. The van der Waals surface area contributed by atoms with Crippen LogP contribution in [0, 0.1) is 0 Å². The van der Waals surface area contributed by atoms with Crippen molar-refractivity contribution in [2.45, 2.75) is 25.0 Å². The molecule has 0 saturated carbocycles. The van der Waals surface area contributed by atoms with Crippen LogP contribution in [-0.4, -0.2) is 45.4 Å². The Bertz CT molecular complexity index is 899. The van der Waals surface area contributed by atoms with Crippen molar-refractivity contribution in [1.82, 2.24) is 14.5 Å². The summed E-state index contributed by atoms with van der Waals surface area (Å²) in [5, 5.41) is 1.40. The molecule has 3 rings (SSSR count). The monoisotopic (exact) mass is 381 g/mol. The molecule has 9 heteroatoms. The van der Waals surface area contributed by atoms with Gasteiger partial charge in [0.1, 0.15) is 6.61 Å². The largest absolute Gasteiger partial charge is 0.447 e. The number of cyclic esters (lactones) is 1. The molecule has 0 N–H and O–H groups in total. The van der Waals surface area contributed by atoms with Gasteiger partial charge in [-0.25, -0.2) is 14.7 Å². The summed E-state index contributed by atoms with van der Waals surface area (Å²) in [6.07, 6.45) is 0.121. The lowest BCUT2D eigenvalue weighted by Crippen LogP contribution is -2.33. The molecule has 1 fully saturated rings. The number of ether oxygens (including phenoxy) is 1. The van der Waals surface area contributed by atoms with Gasteiger partial charge in [-0.05, 0) is 24.6 Å². The van der Waals surface area contributed by atoms with E-state index in [1.54, 1.807) is 22.8 Å². The molecular weight excluding hydrogens is 366 g/mol. The highest BCUT2D eigenvalue weighted by atomic mass is 35.5. The van der Waals surface area contributed by atoms with Crippen molar-refractivity contribution in [3.63, 3.8) is 0 Å². The lowest BCUT2D eigenvalue weighted by Gasteiger charge is -2.14. The van der Waals surface area contributed by atoms with E-state index in [9.17, 15) is 14.4 Å². The number of aromatic nitrogens is 2. The van der Waals surface area contributed by atoms with E-state index >= 15 is 0 Å². The van der Waals surface area contributed by atoms with Gasteiger partial charge in [0.25, 0.3) is 5.56 Å². The fourth-order valence-corrected chi connectivity index (χ4v) is 3.60. The van der Waals surface area contributed by atoms with Crippen LogP contribution in [0.4, 0.5) is 4.79 Å². The number of hydrogen-bond donors (Lipinski definition) is 0. The van der Waals surface area contributed by atoms with E-state index in [1.165, 1.54) is 0 Å². The number of carbonyl (C=O) groups is 2. The minimum absolute atomic E-state index is 0.00265. The molecule has 7 nitrogen and oxygen atoms in total. The molecule has 1 aromatic carbocycles. The molecule has 0 atom stereocenters. The molecule has 0 unspecified atom stereocenters.